The monoisotopic (exact) mass is 340 g/mol. The van der Waals surface area contributed by atoms with Crippen LogP contribution in [0.5, 0.6) is 0 Å². The van der Waals surface area contributed by atoms with E-state index in [0.29, 0.717) is 16.1 Å². The zero-order valence-electron chi connectivity index (χ0n) is 11.7. The Balaban J connectivity index is 1.89. The van der Waals surface area contributed by atoms with Crippen LogP contribution in [0.15, 0.2) is 47.4 Å². The Morgan fingerprint density at radius 2 is 1.91 bits per heavy atom. The molecule has 2 aromatic carbocycles. The maximum absolute atomic E-state index is 13.0. The molecular formula is C15H14ClFN2O2S. The van der Waals surface area contributed by atoms with Crippen molar-refractivity contribution in [3.05, 3.63) is 58.9 Å². The van der Waals surface area contributed by atoms with Gasteiger partial charge in [-0.05, 0) is 42.0 Å². The molecule has 1 unspecified atom stereocenters. The number of carbonyl (C=O) groups excluding carboxylic acids is 1. The van der Waals surface area contributed by atoms with Gasteiger partial charge in [-0.25, -0.2) is 9.18 Å². The lowest BCUT2D eigenvalue weighted by molar-refractivity contribution is 0.251. The van der Waals surface area contributed by atoms with Crippen molar-refractivity contribution in [2.24, 2.45) is 0 Å². The van der Waals surface area contributed by atoms with Gasteiger partial charge in [0, 0.05) is 34.2 Å². The largest absolute Gasteiger partial charge is 0.334 e. The first-order valence-corrected chi connectivity index (χ1v) is 8.31. The standard InChI is InChI=1S/C15H14ClFN2O2S/c1-22(21)12-5-3-11(4-6-12)19-15(20)18-9-10-2-7-14(17)13(16)8-10/h2-8H,9H2,1H3,(H2,18,19,20). The molecule has 2 amide bonds. The number of amides is 2. The van der Waals surface area contributed by atoms with Gasteiger partial charge in [-0.3, -0.25) is 4.21 Å². The van der Waals surface area contributed by atoms with Crippen molar-refractivity contribution in [2.75, 3.05) is 11.6 Å². The van der Waals surface area contributed by atoms with E-state index in [1.54, 1.807) is 36.6 Å². The van der Waals surface area contributed by atoms with E-state index in [1.165, 1.54) is 12.1 Å². The molecule has 22 heavy (non-hydrogen) atoms. The zero-order chi connectivity index (χ0) is 16.1. The van der Waals surface area contributed by atoms with Gasteiger partial charge in [-0.1, -0.05) is 17.7 Å². The second-order valence-electron chi connectivity index (χ2n) is 4.53. The van der Waals surface area contributed by atoms with Crippen molar-refractivity contribution in [1.29, 1.82) is 0 Å². The first-order chi connectivity index (χ1) is 10.5. The molecule has 0 aliphatic carbocycles. The summed E-state index contributed by atoms with van der Waals surface area (Å²) >= 11 is 5.67. The lowest BCUT2D eigenvalue weighted by Gasteiger charge is -2.08. The van der Waals surface area contributed by atoms with Crippen LogP contribution in [0.4, 0.5) is 14.9 Å². The summed E-state index contributed by atoms with van der Waals surface area (Å²) in [4.78, 5) is 12.5. The van der Waals surface area contributed by atoms with Gasteiger partial charge >= 0.3 is 6.03 Å². The molecule has 2 rings (SSSR count). The minimum atomic E-state index is -1.05. The minimum Gasteiger partial charge on any atom is -0.334 e. The van der Waals surface area contributed by atoms with Gasteiger partial charge < -0.3 is 10.6 Å². The SMILES string of the molecule is CS(=O)c1ccc(NC(=O)NCc2ccc(F)c(Cl)c2)cc1. The molecule has 2 aromatic rings. The molecule has 0 aliphatic rings. The van der Waals surface area contributed by atoms with Gasteiger partial charge in [0.1, 0.15) is 5.82 Å². The zero-order valence-corrected chi connectivity index (χ0v) is 13.3. The fraction of sp³-hybridized carbons (Fsp3) is 0.133. The highest BCUT2D eigenvalue weighted by atomic mass is 35.5. The number of hydrogen-bond donors (Lipinski definition) is 2. The van der Waals surface area contributed by atoms with Crippen LogP contribution in [-0.2, 0) is 17.3 Å². The van der Waals surface area contributed by atoms with Gasteiger partial charge in [-0.2, -0.15) is 0 Å². The van der Waals surface area contributed by atoms with Gasteiger partial charge in [0.05, 0.1) is 5.02 Å². The number of urea groups is 1. The molecular weight excluding hydrogens is 327 g/mol. The maximum atomic E-state index is 13.0. The Hall–Kier alpha value is -1.92. The van der Waals surface area contributed by atoms with Crippen molar-refractivity contribution in [2.45, 2.75) is 11.4 Å². The predicted octanol–water partition coefficient (Wildman–Crippen LogP) is 3.54. The van der Waals surface area contributed by atoms with Crippen LogP contribution in [0.25, 0.3) is 0 Å². The normalized spacial score (nSPS) is 11.8. The number of nitrogens with one attached hydrogen (secondary N) is 2. The highest BCUT2D eigenvalue weighted by Crippen LogP contribution is 2.16. The molecule has 2 N–H and O–H groups in total. The van der Waals surface area contributed by atoms with E-state index in [9.17, 15) is 13.4 Å². The Labute approximate surface area is 135 Å². The topological polar surface area (TPSA) is 58.2 Å². The lowest BCUT2D eigenvalue weighted by atomic mass is 10.2. The molecule has 116 valence electrons. The minimum absolute atomic E-state index is 0.0165. The Kier molecular flexibility index (Phi) is 5.51. The molecule has 0 saturated carbocycles. The highest BCUT2D eigenvalue weighted by Gasteiger charge is 2.05. The number of carbonyl (C=O) groups is 1. The van der Waals surface area contributed by atoms with Crippen LogP contribution in [0.2, 0.25) is 5.02 Å². The predicted molar refractivity (Wildman–Crippen MR) is 86.0 cm³/mol. The second-order valence-corrected chi connectivity index (χ2v) is 6.32. The fourth-order valence-electron chi connectivity index (χ4n) is 1.74. The highest BCUT2D eigenvalue weighted by molar-refractivity contribution is 7.84. The van der Waals surface area contributed by atoms with Gasteiger partial charge in [0.2, 0.25) is 0 Å². The smallest absolute Gasteiger partial charge is 0.319 e. The van der Waals surface area contributed by atoms with Gasteiger partial charge in [0.15, 0.2) is 0 Å². The van der Waals surface area contributed by atoms with Crippen molar-refractivity contribution in [3.8, 4) is 0 Å². The third-order valence-corrected chi connectivity index (χ3v) is 4.11. The van der Waals surface area contributed by atoms with Crippen molar-refractivity contribution < 1.29 is 13.4 Å². The summed E-state index contributed by atoms with van der Waals surface area (Å²) < 4.78 is 24.3. The summed E-state index contributed by atoms with van der Waals surface area (Å²) in [7, 11) is -1.05. The van der Waals surface area contributed by atoms with E-state index < -0.39 is 22.6 Å². The first-order valence-electron chi connectivity index (χ1n) is 6.38. The van der Waals surface area contributed by atoms with E-state index >= 15 is 0 Å². The van der Waals surface area contributed by atoms with Crippen LogP contribution in [-0.4, -0.2) is 16.5 Å². The van der Waals surface area contributed by atoms with Crippen LogP contribution in [0.3, 0.4) is 0 Å². The van der Waals surface area contributed by atoms with Crippen LogP contribution in [0.1, 0.15) is 5.56 Å². The summed E-state index contributed by atoms with van der Waals surface area (Å²) in [6, 6.07) is 10.6. The quantitative estimate of drug-likeness (QED) is 0.894. The Morgan fingerprint density at radius 1 is 1.23 bits per heavy atom. The van der Waals surface area contributed by atoms with Crippen molar-refractivity contribution >= 4 is 34.1 Å². The fourth-order valence-corrected chi connectivity index (χ4v) is 2.46. The average molecular weight is 341 g/mol. The molecule has 7 heteroatoms. The molecule has 0 saturated heterocycles. The summed E-state index contributed by atoms with van der Waals surface area (Å²) in [5.41, 5.74) is 1.28. The second kappa shape index (κ2) is 7.38. The summed E-state index contributed by atoms with van der Waals surface area (Å²) in [5.74, 6) is -0.497. The average Bonchev–Trinajstić information content (AvgIpc) is 2.49. The molecule has 4 nitrogen and oxygen atoms in total. The lowest BCUT2D eigenvalue weighted by Crippen LogP contribution is -2.28. The number of hydrogen-bond acceptors (Lipinski definition) is 2. The van der Waals surface area contributed by atoms with E-state index in [2.05, 4.69) is 10.6 Å². The third kappa shape index (κ3) is 4.54. The molecule has 0 spiro atoms. The number of anilines is 1. The van der Waals surface area contributed by atoms with E-state index in [-0.39, 0.29) is 11.6 Å². The van der Waals surface area contributed by atoms with E-state index in [0.717, 1.165) is 0 Å². The Bertz CT molecular complexity index is 707. The Morgan fingerprint density at radius 3 is 2.50 bits per heavy atom. The molecule has 0 heterocycles. The maximum Gasteiger partial charge on any atom is 0.319 e. The molecule has 0 bridgehead atoms. The molecule has 0 aliphatic heterocycles. The van der Waals surface area contributed by atoms with E-state index in [1.807, 2.05) is 0 Å². The van der Waals surface area contributed by atoms with Crippen LogP contribution >= 0.6 is 11.6 Å². The van der Waals surface area contributed by atoms with E-state index in [4.69, 9.17) is 11.6 Å². The number of benzene rings is 2. The molecule has 0 fully saturated rings. The summed E-state index contributed by atoms with van der Waals surface area (Å²) in [6.45, 7) is 0.225. The molecule has 0 radical (unpaired) electrons. The van der Waals surface area contributed by atoms with Gasteiger partial charge in [-0.15, -0.1) is 0 Å². The number of rotatable bonds is 4. The van der Waals surface area contributed by atoms with Crippen molar-refractivity contribution in [3.63, 3.8) is 0 Å². The van der Waals surface area contributed by atoms with Gasteiger partial charge in [0.25, 0.3) is 0 Å². The van der Waals surface area contributed by atoms with Crippen molar-refractivity contribution in [1.82, 2.24) is 5.32 Å². The summed E-state index contributed by atoms with van der Waals surface area (Å²) in [5, 5.41) is 5.31. The summed E-state index contributed by atoms with van der Waals surface area (Å²) in [6.07, 6.45) is 1.59. The van der Waals surface area contributed by atoms with Crippen LogP contribution < -0.4 is 10.6 Å². The first kappa shape index (κ1) is 16.5. The van der Waals surface area contributed by atoms with Crippen LogP contribution in [0, 0.1) is 5.82 Å². The third-order valence-electron chi connectivity index (χ3n) is 2.88. The molecule has 0 aromatic heterocycles. The number of halogens is 2. The molecule has 1 atom stereocenters.